The highest BCUT2D eigenvalue weighted by molar-refractivity contribution is 9.10. The lowest BCUT2D eigenvalue weighted by molar-refractivity contribution is 0.147. The van der Waals surface area contributed by atoms with Crippen LogP contribution in [0.4, 0.5) is 0 Å². The fraction of sp³-hybridized carbons (Fsp3) is 0.312. The van der Waals surface area contributed by atoms with E-state index >= 15 is 0 Å². The normalized spacial score (nSPS) is 12.6. The van der Waals surface area contributed by atoms with E-state index in [9.17, 15) is 5.11 Å². The quantitative estimate of drug-likeness (QED) is 0.879. The first-order valence-corrected chi connectivity index (χ1v) is 7.45. The van der Waals surface area contributed by atoms with Crippen LogP contribution in [0.15, 0.2) is 53.3 Å². The van der Waals surface area contributed by atoms with Gasteiger partial charge >= 0.3 is 0 Å². The number of hydrogen-bond acceptors (Lipinski definition) is 3. The van der Waals surface area contributed by atoms with E-state index in [1.807, 2.05) is 36.5 Å². The monoisotopic (exact) mass is 334 g/mol. The third-order valence-electron chi connectivity index (χ3n) is 3.21. The molecular weight excluding hydrogens is 316 g/mol. The molecule has 1 aromatic heterocycles. The van der Waals surface area contributed by atoms with Crippen molar-refractivity contribution in [2.75, 3.05) is 13.6 Å². The molecule has 0 aliphatic carbocycles. The Morgan fingerprint density at radius 3 is 2.65 bits per heavy atom. The zero-order valence-corrected chi connectivity index (χ0v) is 13.1. The van der Waals surface area contributed by atoms with Gasteiger partial charge in [-0.3, -0.25) is 4.98 Å². The standard InChI is InChI=1S/C16H19BrN2O/c1-19(12-13-3-2-9-18-11-13)10-8-16(20)14-4-6-15(17)7-5-14/h2-7,9,11,16,20H,8,10,12H2,1H3. The summed E-state index contributed by atoms with van der Waals surface area (Å²) in [6.45, 7) is 1.69. The molecule has 1 atom stereocenters. The second kappa shape index (κ2) is 7.53. The molecule has 20 heavy (non-hydrogen) atoms. The van der Waals surface area contributed by atoms with Crippen molar-refractivity contribution >= 4 is 15.9 Å². The topological polar surface area (TPSA) is 36.4 Å². The van der Waals surface area contributed by atoms with E-state index in [4.69, 9.17) is 0 Å². The lowest BCUT2D eigenvalue weighted by atomic mass is 10.1. The molecule has 0 aliphatic rings. The van der Waals surface area contributed by atoms with Crippen LogP contribution >= 0.6 is 15.9 Å². The van der Waals surface area contributed by atoms with Crippen LogP contribution in [0.1, 0.15) is 23.7 Å². The molecule has 4 heteroatoms. The number of nitrogens with zero attached hydrogens (tertiary/aromatic N) is 2. The highest BCUT2D eigenvalue weighted by Gasteiger charge is 2.09. The Labute approximate surface area is 128 Å². The molecular formula is C16H19BrN2O. The Morgan fingerprint density at radius 1 is 1.25 bits per heavy atom. The lowest BCUT2D eigenvalue weighted by Crippen LogP contribution is -2.21. The van der Waals surface area contributed by atoms with Gasteiger partial charge in [-0.15, -0.1) is 0 Å². The third kappa shape index (κ3) is 4.71. The van der Waals surface area contributed by atoms with Gasteiger partial charge in [-0.1, -0.05) is 34.1 Å². The van der Waals surface area contributed by atoms with Crippen molar-refractivity contribution in [1.29, 1.82) is 0 Å². The molecule has 1 heterocycles. The molecule has 2 rings (SSSR count). The minimum atomic E-state index is -0.417. The minimum absolute atomic E-state index is 0.417. The molecule has 3 nitrogen and oxygen atoms in total. The Kier molecular flexibility index (Phi) is 5.71. The number of aliphatic hydroxyl groups excluding tert-OH is 1. The Bertz CT molecular complexity index is 516. The summed E-state index contributed by atoms with van der Waals surface area (Å²) >= 11 is 3.40. The summed E-state index contributed by atoms with van der Waals surface area (Å²) in [7, 11) is 2.06. The molecule has 1 unspecified atom stereocenters. The fourth-order valence-corrected chi connectivity index (χ4v) is 2.34. The summed E-state index contributed by atoms with van der Waals surface area (Å²) in [6, 6.07) is 11.8. The largest absolute Gasteiger partial charge is 0.388 e. The van der Waals surface area contributed by atoms with Crippen LogP contribution in [0.25, 0.3) is 0 Å². The summed E-state index contributed by atoms with van der Waals surface area (Å²) in [4.78, 5) is 6.30. The first kappa shape index (κ1) is 15.2. The van der Waals surface area contributed by atoms with Crippen LogP contribution in [-0.2, 0) is 6.54 Å². The molecule has 0 fully saturated rings. The maximum absolute atomic E-state index is 10.2. The molecule has 0 amide bonds. The molecule has 0 bridgehead atoms. The molecule has 1 N–H and O–H groups in total. The maximum atomic E-state index is 10.2. The van der Waals surface area contributed by atoms with Gasteiger partial charge in [0, 0.05) is 30.0 Å². The van der Waals surface area contributed by atoms with Crippen molar-refractivity contribution in [2.45, 2.75) is 19.1 Å². The third-order valence-corrected chi connectivity index (χ3v) is 3.74. The van der Waals surface area contributed by atoms with Crippen molar-refractivity contribution in [3.8, 4) is 0 Å². The first-order chi connectivity index (χ1) is 9.65. The Hall–Kier alpha value is -1.23. The second-order valence-corrected chi connectivity index (χ2v) is 5.87. The summed E-state index contributed by atoms with van der Waals surface area (Å²) in [6.07, 6.45) is 3.96. The number of benzene rings is 1. The van der Waals surface area contributed by atoms with Crippen molar-refractivity contribution in [3.63, 3.8) is 0 Å². The van der Waals surface area contributed by atoms with Gasteiger partial charge in [-0.25, -0.2) is 0 Å². The average molecular weight is 335 g/mol. The second-order valence-electron chi connectivity index (χ2n) is 4.96. The SMILES string of the molecule is CN(CCC(O)c1ccc(Br)cc1)Cc1cccnc1. The minimum Gasteiger partial charge on any atom is -0.388 e. The van der Waals surface area contributed by atoms with Gasteiger partial charge in [-0.05, 0) is 42.8 Å². The van der Waals surface area contributed by atoms with E-state index in [1.165, 1.54) is 5.56 Å². The Morgan fingerprint density at radius 2 is 2.00 bits per heavy atom. The van der Waals surface area contributed by atoms with Gasteiger partial charge in [0.2, 0.25) is 0 Å². The van der Waals surface area contributed by atoms with Crippen molar-refractivity contribution in [3.05, 3.63) is 64.4 Å². The van der Waals surface area contributed by atoms with Crippen molar-refractivity contribution in [2.24, 2.45) is 0 Å². The summed E-state index contributed by atoms with van der Waals surface area (Å²) < 4.78 is 1.03. The summed E-state index contributed by atoms with van der Waals surface area (Å²) in [5.41, 5.74) is 2.15. The van der Waals surface area contributed by atoms with Gasteiger partial charge < -0.3 is 10.0 Å². The van der Waals surface area contributed by atoms with E-state index < -0.39 is 6.10 Å². The first-order valence-electron chi connectivity index (χ1n) is 6.66. The summed E-state index contributed by atoms with van der Waals surface area (Å²) in [5, 5.41) is 10.2. The maximum Gasteiger partial charge on any atom is 0.0802 e. The highest BCUT2D eigenvalue weighted by Crippen LogP contribution is 2.19. The van der Waals surface area contributed by atoms with Crippen molar-refractivity contribution in [1.82, 2.24) is 9.88 Å². The van der Waals surface area contributed by atoms with Crippen LogP contribution < -0.4 is 0 Å². The molecule has 0 saturated carbocycles. The molecule has 2 aromatic rings. The number of pyridine rings is 1. The average Bonchev–Trinajstić information content (AvgIpc) is 2.46. The van der Waals surface area contributed by atoms with E-state index in [1.54, 1.807) is 6.20 Å². The van der Waals surface area contributed by atoms with Gasteiger partial charge in [0.1, 0.15) is 0 Å². The number of aliphatic hydroxyl groups is 1. The van der Waals surface area contributed by atoms with Crippen LogP contribution in [0.5, 0.6) is 0 Å². The van der Waals surface area contributed by atoms with Crippen LogP contribution in [-0.4, -0.2) is 28.6 Å². The van der Waals surface area contributed by atoms with Gasteiger partial charge in [0.25, 0.3) is 0 Å². The number of halogens is 1. The lowest BCUT2D eigenvalue weighted by Gasteiger charge is -2.19. The zero-order valence-electron chi connectivity index (χ0n) is 11.5. The number of rotatable bonds is 6. The van der Waals surface area contributed by atoms with E-state index in [0.717, 1.165) is 29.5 Å². The predicted octanol–water partition coefficient (Wildman–Crippen LogP) is 3.40. The van der Waals surface area contributed by atoms with Crippen LogP contribution in [0.3, 0.4) is 0 Å². The molecule has 0 spiro atoms. The highest BCUT2D eigenvalue weighted by atomic mass is 79.9. The van der Waals surface area contributed by atoms with E-state index in [2.05, 4.69) is 38.9 Å². The van der Waals surface area contributed by atoms with E-state index in [0.29, 0.717) is 0 Å². The summed E-state index contributed by atoms with van der Waals surface area (Å²) in [5.74, 6) is 0. The van der Waals surface area contributed by atoms with Crippen LogP contribution in [0.2, 0.25) is 0 Å². The van der Waals surface area contributed by atoms with Gasteiger partial charge in [0.05, 0.1) is 6.10 Å². The van der Waals surface area contributed by atoms with Gasteiger partial charge in [0.15, 0.2) is 0 Å². The number of hydrogen-bond donors (Lipinski definition) is 1. The van der Waals surface area contributed by atoms with Gasteiger partial charge in [-0.2, -0.15) is 0 Å². The Balaban J connectivity index is 1.81. The fourth-order valence-electron chi connectivity index (χ4n) is 2.08. The van der Waals surface area contributed by atoms with Crippen molar-refractivity contribution < 1.29 is 5.11 Å². The van der Waals surface area contributed by atoms with E-state index in [-0.39, 0.29) is 0 Å². The molecule has 106 valence electrons. The molecule has 1 aromatic carbocycles. The zero-order chi connectivity index (χ0) is 14.4. The predicted molar refractivity (Wildman–Crippen MR) is 84.3 cm³/mol. The molecule has 0 saturated heterocycles. The number of aromatic nitrogens is 1. The smallest absolute Gasteiger partial charge is 0.0802 e. The van der Waals surface area contributed by atoms with Crippen LogP contribution in [0, 0.1) is 0 Å². The molecule has 0 radical (unpaired) electrons. The molecule has 0 aliphatic heterocycles.